The van der Waals surface area contributed by atoms with E-state index in [1.54, 1.807) is 4.57 Å². The minimum atomic E-state index is -0.734. The maximum atomic E-state index is 12.6. The summed E-state index contributed by atoms with van der Waals surface area (Å²) >= 11 is 3.42. The van der Waals surface area contributed by atoms with Crippen LogP contribution in [0.4, 0.5) is 0 Å². The van der Waals surface area contributed by atoms with Gasteiger partial charge in [0.25, 0.3) is 11.8 Å². The summed E-state index contributed by atoms with van der Waals surface area (Å²) in [4.78, 5) is 28.7. The quantitative estimate of drug-likeness (QED) is 0.833. The van der Waals surface area contributed by atoms with E-state index < -0.39 is 5.91 Å². The molecule has 0 saturated heterocycles. The molecule has 0 fully saturated rings. The van der Waals surface area contributed by atoms with E-state index in [1.165, 1.54) is 0 Å². The van der Waals surface area contributed by atoms with Crippen LogP contribution in [-0.2, 0) is 6.54 Å². The molecule has 1 aromatic heterocycles. The van der Waals surface area contributed by atoms with Crippen molar-refractivity contribution in [1.82, 2.24) is 14.9 Å². The summed E-state index contributed by atoms with van der Waals surface area (Å²) in [6.07, 6.45) is 0. The Balaban J connectivity index is 2.23. The Morgan fingerprint density at radius 1 is 1.42 bits per heavy atom. The second-order valence-corrected chi connectivity index (χ2v) is 6.68. The zero-order valence-corrected chi connectivity index (χ0v) is 14.9. The molecule has 0 saturated carbocycles. The van der Waals surface area contributed by atoms with Gasteiger partial charge in [-0.3, -0.25) is 9.59 Å². The number of carbonyl (C=O) groups excluding carboxylic acids is 2. The second-order valence-electron chi connectivity index (χ2n) is 5.77. The largest absolute Gasteiger partial charge is 0.491 e. The summed E-state index contributed by atoms with van der Waals surface area (Å²) in [5.74, 6) is 0.0261. The second kappa shape index (κ2) is 6.27. The molecule has 0 atom stereocenters. The Bertz CT molecular complexity index is 829. The third-order valence-electron chi connectivity index (χ3n) is 3.59. The zero-order valence-electron chi connectivity index (χ0n) is 13.3. The standard InChI is InChI=1S/C16H17BrN4O3/c1-8(2)19-16(23)13-12(14(18)22)20-15-10-7-9(17)3-4-11(10)24-6-5-21(13)15/h3-4,7-8H,5-6H2,1-2H3,(H2,18,22)(H,19,23). The number of hydrogen-bond acceptors (Lipinski definition) is 4. The van der Waals surface area contributed by atoms with E-state index in [0.717, 1.165) is 4.47 Å². The highest BCUT2D eigenvalue weighted by atomic mass is 79.9. The van der Waals surface area contributed by atoms with Crippen LogP contribution in [0.25, 0.3) is 11.4 Å². The maximum absolute atomic E-state index is 12.6. The molecule has 0 spiro atoms. The molecule has 1 aromatic carbocycles. The Labute approximate surface area is 147 Å². The van der Waals surface area contributed by atoms with Crippen molar-refractivity contribution >= 4 is 27.7 Å². The van der Waals surface area contributed by atoms with Crippen molar-refractivity contribution < 1.29 is 14.3 Å². The minimum Gasteiger partial charge on any atom is -0.491 e. The Morgan fingerprint density at radius 3 is 2.83 bits per heavy atom. The predicted molar refractivity (Wildman–Crippen MR) is 92.0 cm³/mol. The van der Waals surface area contributed by atoms with E-state index in [2.05, 4.69) is 26.2 Å². The molecule has 0 aliphatic carbocycles. The lowest BCUT2D eigenvalue weighted by Crippen LogP contribution is -2.34. The number of nitrogens with zero attached hydrogens (tertiary/aromatic N) is 2. The monoisotopic (exact) mass is 392 g/mol. The van der Waals surface area contributed by atoms with E-state index in [0.29, 0.717) is 30.3 Å². The summed E-state index contributed by atoms with van der Waals surface area (Å²) in [5.41, 5.74) is 6.29. The van der Waals surface area contributed by atoms with Crippen LogP contribution >= 0.6 is 15.9 Å². The number of benzene rings is 1. The van der Waals surface area contributed by atoms with Crippen molar-refractivity contribution in [2.75, 3.05) is 6.61 Å². The fraction of sp³-hybridized carbons (Fsp3) is 0.312. The number of primary amides is 1. The van der Waals surface area contributed by atoms with Crippen LogP contribution in [0.2, 0.25) is 0 Å². The highest BCUT2D eigenvalue weighted by molar-refractivity contribution is 9.10. The summed E-state index contributed by atoms with van der Waals surface area (Å²) in [7, 11) is 0. The first kappa shape index (κ1) is 16.5. The Kier molecular flexibility index (Phi) is 4.31. The highest BCUT2D eigenvalue weighted by Gasteiger charge is 2.29. The summed E-state index contributed by atoms with van der Waals surface area (Å²) in [6.45, 7) is 4.44. The molecule has 3 N–H and O–H groups in total. The van der Waals surface area contributed by atoms with Crippen LogP contribution in [0.3, 0.4) is 0 Å². The fourth-order valence-corrected chi connectivity index (χ4v) is 3.02. The normalized spacial score (nSPS) is 12.8. The zero-order chi connectivity index (χ0) is 17.4. The molecular weight excluding hydrogens is 376 g/mol. The Morgan fingerprint density at radius 2 is 2.17 bits per heavy atom. The maximum Gasteiger partial charge on any atom is 0.270 e. The molecular formula is C16H17BrN4O3. The number of fused-ring (bicyclic) bond motifs is 3. The number of halogens is 1. The van der Waals surface area contributed by atoms with Gasteiger partial charge in [0.05, 0.1) is 12.1 Å². The van der Waals surface area contributed by atoms with Gasteiger partial charge in [-0.2, -0.15) is 0 Å². The number of imidazole rings is 1. The van der Waals surface area contributed by atoms with Gasteiger partial charge in [0.2, 0.25) is 0 Å². The number of nitrogens with two attached hydrogens (primary N) is 1. The van der Waals surface area contributed by atoms with E-state index in [4.69, 9.17) is 10.5 Å². The minimum absolute atomic E-state index is 0.0315. The van der Waals surface area contributed by atoms with Crippen molar-refractivity contribution in [3.63, 3.8) is 0 Å². The van der Waals surface area contributed by atoms with E-state index in [1.807, 2.05) is 32.0 Å². The van der Waals surface area contributed by atoms with Crippen LogP contribution in [0, 0.1) is 0 Å². The lowest BCUT2D eigenvalue weighted by Gasteiger charge is -2.12. The topological polar surface area (TPSA) is 99.2 Å². The molecule has 3 rings (SSSR count). The van der Waals surface area contributed by atoms with Gasteiger partial charge < -0.3 is 20.4 Å². The Hall–Kier alpha value is -2.35. The van der Waals surface area contributed by atoms with Crippen molar-refractivity contribution in [1.29, 1.82) is 0 Å². The number of nitrogens with one attached hydrogen (secondary N) is 1. The van der Waals surface area contributed by atoms with Crippen molar-refractivity contribution in [3.05, 3.63) is 34.1 Å². The average molecular weight is 393 g/mol. The lowest BCUT2D eigenvalue weighted by atomic mass is 10.2. The van der Waals surface area contributed by atoms with Crippen LogP contribution in [-0.4, -0.2) is 34.0 Å². The van der Waals surface area contributed by atoms with Gasteiger partial charge in [-0.15, -0.1) is 0 Å². The van der Waals surface area contributed by atoms with Crippen LogP contribution in [0.1, 0.15) is 34.8 Å². The first-order valence-electron chi connectivity index (χ1n) is 7.52. The van der Waals surface area contributed by atoms with Gasteiger partial charge >= 0.3 is 0 Å². The molecule has 2 aromatic rings. The molecule has 24 heavy (non-hydrogen) atoms. The van der Waals surface area contributed by atoms with Gasteiger partial charge in [-0.1, -0.05) is 15.9 Å². The van der Waals surface area contributed by atoms with Gasteiger partial charge in [0, 0.05) is 10.5 Å². The first-order chi connectivity index (χ1) is 11.4. The predicted octanol–water partition coefficient (Wildman–Crippen LogP) is 1.94. The van der Waals surface area contributed by atoms with Gasteiger partial charge in [0.15, 0.2) is 5.69 Å². The number of amides is 2. The van der Waals surface area contributed by atoms with Gasteiger partial charge in [-0.25, -0.2) is 4.98 Å². The molecule has 1 aliphatic heterocycles. The molecule has 7 nitrogen and oxygen atoms in total. The summed E-state index contributed by atoms with van der Waals surface area (Å²) in [5, 5.41) is 2.79. The smallest absolute Gasteiger partial charge is 0.270 e. The molecule has 0 unspecified atom stereocenters. The molecule has 0 bridgehead atoms. The van der Waals surface area contributed by atoms with Crippen LogP contribution in [0.5, 0.6) is 5.75 Å². The van der Waals surface area contributed by atoms with Crippen LogP contribution in [0.15, 0.2) is 22.7 Å². The third-order valence-corrected chi connectivity index (χ3v) is 4.08. The first-order valence-corrected chi connectivity index (χ1v) is 8.31. The number of carbonyl (C=O) groups is 2. The lowest BCUT2D eigenvalue weighted by molar-refractivity contribution is 0.0916. The average Bonchev–Trinajstić information content (AvgIpc) is 2.79. The van der Waals surface area contributed by atoms with E-state index in [-0.39, 0.29) is 23.3 Å². The number of hydrogen-bond donors (Lipinski definition) is 2. The molecule has 1 aliphatic rings. The third kappa shape index (κ3) is 2.89. The van der Waals surface area contributed by atoms with E-state index >= 15 is 0 Å². The van der Waals surface area contributed by atoms with Gasteiger partial charge in [-0.05, 0) is 32.0 Å². The number of aromatic nitrogens is 2. The van der Waals surface area contributed by atoms with Crippen molar-refractivity contribution in [3.8, 4) is 17.1 Å². The van der Waals surface area contributed by atoms with Crippen LogP contribution < -0.4 is 15.8 Å². The van der Waals surface area contributed by atoms with E-state index in [9.17, 15) is 9.59 Å². The molecule has 2 heterocycles. The summed E-state index contributed by atoms with van der Waals surface area (Å²) < 4.78 is 8.26. The fourth-order valence-electron chi connectivity index (χ4n) is 2.66. The molecule has 126 valence electrons. The van der Waals surface area contributed by atoms with Crippen molar-refractivity contribution in [2.24, 2.45) is 5.73 Å². The molecule has 8 heteroatoms. The number of rotatable bonds is 3. The van der Waals surface area contributed by atoms with Crippen molar-refractivity contribution in [2.45, 2.75) is 26.4 Å². The molecule has 0 radical (unpaired) electrons. The SMILES string of the molecule is CC(C)NC(=O)c1c(C(N)=O)nc2n1CCOc1ccc(Br)cc1-2. The van der Waals surface area contributed by atoms with Gasteiger partial charge in [0.1, 0.15) is 23.9 Å². The highest BCUT2D eigenvalue weighted by Crippen LogP contribution is 2.35. The summed E-state index contributed by atoms with van der Waals surface area (Å²) in [6, 6.07) is 5.45. The molecule has 2 amide bonds. The number of ether oxygens (including phenoxy) is 1.